The molecule has 1 fully saturated rings. The molecular weight excluding hydrogens is 166 g/mol. The summed E-state index contributed by atoms with van der Waals surface area (Å²) in [5.41, 5.74) is 0. The van der Waals surface area contributed by atoms with Crippen LogP contribution in [-0.4, -0.2) is 23.7 Å². The molecule has 13 heavy (non-hydrogen) atoms. The highest BCUT2D eigenvalue weighted by atomic mass is 16.4. The van der Waals surface area contributed by atoms with Gasteiger partial charge >= 0.3 is 5.97 Å². The number of carboxylic acids is 1. The summed E-state index contributed by atoms with van der Waals surface area (Å²) in [7, 11) is 0. The van der Waals surface area contributed by atoms with Crippen molar-refractivity contribution in [3.05, 3.63) is 0 Å². The highest BCUT2D eigenvalue weighted by molar-refractivity contribution is 5.72. The zero-order chi connectivity index (χ0) is 9.68. The van der Waals surface area contributed by atoms with Crippen LogP contribution in [0.4, 0.5) is 0 Å². The molecule has 0 spiro atoms. The molecule has 0 unspecified atom stereocenters. The van der Waals surface area contributed by atoms with Gasteiger partial charge < -0.3 is 10.4 Å². The van der Waals surface area contributed by atoms with Gasteiger partial charge in [0.2, 0.25) is 0 Å². The number of nitrogens with one attached hydrogen (secondary N) is 1. The summed E-state index contributed by atoms with van der Waals surface area (Å²) < 4.78 is 0. The predicted octanol–water partition coefficient (Wildman–Crippen LogP) is 1.63. The molecule has 0 aliphatic heterocycles. The Morgan fingerprint density at radius 2 is 2.08 bits per heavy atom. The Morgan fingerprint density at radius 3 is 2.62 bits per heavy atom. The molecule has 1 aliphatic carbocycles. The third-order valence-electron chi connectivity index (χ3n) is 2.81. The zero-order valence-corrected chi connectivity index (χ0v) is 8.25. The molecular formula is C10H19NO2. The molecule has 1 saturated carbocycles. The topological polar surface area (TPSA) is 49.3 Å². The lowest BCUT2D eigenvalue weighted by atomic mass is 9.89. The van der Waals surface area contributed by atoms with E-state index in [9.17, 15) is 4.79 Å². The summed E-state index contributed by atoms with van der Waals surface area (Å²) in [6, 6.07) is -0.401. The molecule has 0 amide bonds. The van der Waals surface area contributed by atoms with Crippen molar-refractivity contribution in [2.24, 2.45) is 5.92 Å². The first-order valence-corrected chi connectivity index (χ1v) is 5.16. The number of hydrogen-bond donors (Lipinski definition) is 2. The number of carbonyl (C=O) groups is 1. The Hall–Kier alpha value is -0.570. The van der Waals surface area contributed by atoms with Gasteiger partial charge in [-0.1, -0.05) is 19.3 Å². The smallest absolute Gasteiger partial charge is 0.320 e. The molecule has 0 heterocycles. The van der Waals surface area contributed by atoms with Gasteiger partial charge in [0, 0.05) is 0 Å². The van der Waals surface area contributed by atoms with Crippen LogP contribution in [0.5, 0.6) is 0 Å². The van der Waals surface area contributed by atoms with E-state index in [-0.39, 0.29) is 0 Å². The van der Waals surface area contributed by atoms with Crippen molar-refractivity contribution < 1.29 is 9.90 Å². The summed E-state index contributed by atoms with van der Waals surface area (Å²) in [4.78, 5) is 10.5. The van der Waals surface area contributed by atoms with Gasteiger partial charge in [-0.05, 0) is 32.2 Å². The van der Waals surface area contributed by atoms with Crippen molar-refractivity contribution in [1.82, 2.24) is 5.32 Å². The Labute approximate surface area is 79.5 Å². The van der Waals surface area contributed by atoms with Gasteiger partial charge in [-0.15, -0.1) is 0 Å². The maximum absolute atomic E-state index is 10.5. The summed E-state index contributed by atoms with van der Waals surface area (Å²) in [5.74, 6) is -0.0497. The second-order valence-corrected chi connectivity index (χ2v) is 3.97. The van der Waals surface area contributed by atoms with Gasteiger partial charge in [-0.2, -0.15) is 0 Å². The molecule has 0 aromatic heterocycles. The molecule has 3 heteroatoms. The van der Waals surface area contributed by atoms with E-state index in [4.69, 9.17) is 5.11 Å². The maximum Gasteiger partial charge on any atom is 0.320 e. The lowest BCUT2D eigenvalue weighted by Crippen LogP contribution is -2.37. The molecule has 0 aromatic carbocycles. The Bertz CT molecular complexity index is 164. The van der Waals surface area contributed by atoms with Gasteiger partial charge in [-0.25, -0.2) is 0 Å². The first kappa shape index (κ1) is 10.5. The summed E-state index contributed by atoms with van der Waals surface area (Å²) in [6.07, 6.45) is 6.51. The van der Waals surface area contributed by atoms with Crippen LogP contribution >= 0.6 is 0 Å². The van der Waals surface area contributed by atoms with Gasteiger partial charge in [0.05, 0.1) is 0 Å². The Morgan fingerprint density at radius 1 is 1.46 bits per heavy atom. The second kappa shape index (κ2) is 5.22. The predicted molar refractivity (Wildman–Crippen MR) is 51.7 cm³/mol. The number of carboxylic acid groups (broad SMARTS) is 1. The van der Waals surface area contributed by atoms with Crippen LogP contribution in [0.25, 0.3) is 0 Å². The molecule has 0 saturated heterocycles. The van der Waals surface area contributed by atoms with Crippen LogP contribution in [0.1, 0.15) is 39.0 Å². The van der Waals surface area contributed by atoms with Crippen LogP contribution in [-0.2, 0) is 4.79 Å². The normalized spacial score (nSPS) is 21.3. The SMILES string of the molecule is C[C@@H](NCC1CCCCC1)C(=O)O. The Kier molecular flexibility index (Phi) is 4.22. The van der Waals surface area contributed by atoms with E-state index in [0.29, 0.717) is 5.92 Å². The zero-order valence-electron chi connectivity index (χ0n) is 8.25. The highest BCUT2D eigenvalue weighted by Gasteiger charge is 2.16. The van der Waals surface area contributed by atoms with Crippen molar-refractivity contribution in [2.45, 2.75) is 45.1 Å². The van der Waals surface area contributed by atoms with Gasteiger partial charge in [-0.3, -0.25) is 4.79 Å². The highest BCUT2D eigenvalue weighted by Crippen LogP contribution is 2.22. The fourth-order valence-corrected chi connectivity index (χ4v) is 1.82. The quantitative estimate of drug-likeness (QED) is 0.700. The summed E-state index contributed by atoms with van der Waals surface area (Å²) in [6.45, 7) is 2.57. The number of aliphatic carboxylic acids is 1. The molecule has 2 N–H and O–H groups in total. The molecule has 0 bridgehead atoms. The molecule has 1 atom stereocenters. The fraction of sp³-hybridized carbons (Fsp3) is 0.900. The van der Waals surface area contributed by atoms with E-state index in [2.05, 4.69) is 5.32 Å². The Balaban J connectivity index is 2.13. The average Bonchev–Trinajstić information content (AvgIpc) is 2.15. The minimum absolute atomic E-state index is 0.401. The van der Waals surface area contributed by atoms with E-state index < -0.39 is 12.0 Å². The monoisotopic (exact) mass is 185 g/mol. The molecule has 1 rings (SSSR count). The van der Waals surface area contributed by atoms with Crippen LogP contribution in [0.3, 0.4) is 0 Å². The minimum Gasteiger partial charge on any atom is -0.480 e. The van der Waals surface area contributed by atoms with Crippen molar-refractivity contribution in [3.8, 4) is 0 Å². The number of hydrogen-bond acceptors (Lipinski definition) is 2. The third-order valence-corrected chi connectivity index (χ3v) is 2.81. The van der Waals surface area contributed by atoms with Crippen LogP contribution in [0.15, 0.2) is 0 Å². The van der Waals surface area contributed by atoms with E-state index in [1.54, 1.807) is 6.92 Å². The lowest BCUT2D eigenvalue weighted by molar-refractivity contribution is -0.139. The maximum atomic E-state index is 10.5. The van der Waals surface area contributed by atoms with Gasteiger partial charge in [0.15, 0.2) is 0 Å². The van der Waals surface area contributed by atoms with Crippen molar-refractivity contribution in [1.29, 1.82) is 0 Å². The standard InChI is InChI=1S/C10H19NO2/c1-8(10(12)13)11-7-9-5-3-2-4-6-9/h8-9,11H,2-7H2,1H3,(H,12,13)/t8-/m1/s1. The molecule has 1 aliphatic rings. The molecule has 0 radical (unpaired) electrons. The lowest BCUT2D eigenvalue weighted by Gasteiger charge is -2.22. The van der Waals surface area contributed by atoms with E-state index >= 15 is 0 Å². The van der Waals surface area contributed by atoms with Gasteiger partial charge in [0.25, 0.3) is 0 Å². The molecule has 3 nitrogen and oxygen atoms in total. The number of rotatable bonds is 4. The van der Waals surface area contributed by atoms with Gasteiger partial charge in [0.1, 0.15) is 6.04 Å². The summed E-state index contributed by atoms with van der Waals surface area (Å²) in [5, 5.41) is 11.7. The average molecular weight is 185 g/mol. The second-order valence-electron chi connectivity index (χ2n) is 3.97. The van der Waals surface area contributed by atoms with Crippen molar-refractivity contribution in [3.63, 3.8) is 0 Å². The minimum atomic E-state index is -0.754. The molecule has 76 valence electrons. The first-order chi connectivity index (χ1) is 6.20. The summed E-state index contributed by atoms with van der Waals surface area (Å²) >= 11 is 0. The van der Waals surface area contributed by atoms with Crippen LogP contribution in [0.2, 0.25) is 0 Å². The van der Waals surface area contributed by atoms with Crippen LogP contribution in [0, 0.1) is 5.92 Å². The van der Waals surface area contributed by atoms with Crippen LogP contribution < -0.4 is 5.32 Å². The van der Waals surface area contributed by atoms with E-state index in [1.807, 2.05) is 0 Å². The largest absolute Gasteiger partial charge is 0.480 e. The fourth-order valence-electron chi connectivity index (χ4n) is 1.82. The van der Waals surface area contributed by atoms with E-state index in [0.717, 1.165) is 6.54 Å². The van der Waals surface area contributed by atoms with E-state index in [1.165, 1.54) is 32.1 Å². The molecule has 0 aromatic rings. The van der Waals surface area contributed by atoms with Crippen molar-refractivity contribution >= 4 is 5.97 Å². The third kappa shape index (κ3) is 3.77. The first-order valence-electron chi connectivity index (χ1n) is 5.16. The van der Waals surface area contributed by atoms with Crippen molar-refractivity contribution in [2.75, 3.05) is 6.54 Å².